The Kier molecular flexibility index (Phi) is 2.23. The minimum atomic E-state index is -3.75. The van der Waals surface area contributed by atoms with Crippen molar-refractivity contribution < 1.29 is 23.1 Å². The average molecular weight is 240 g/mol. The van der Waals surface area contributed by atoms with E-state index in [-0.39, 0.29) is 21.8 Å². The molecule has 0 saturated carbocycles. The van der Waals surface area contributed by atoms with Gasteiger partial charge in [-0.25, -0.2) is 13.2 Å². The summed E-state index contributed by atoms with van der Waals surface area (Å²) in [4.78, 5) is 11.1. The second-order valence-electron chi connectivity index (χ2n) is 3.22. The lowest BCUT2D eigenvalue weighted by Crippen LogP contribution is -2.02. The van der Waals surface area contributed by atoms with Gasteiger partial charge in [-0.15, -0.1) is 0 Å². The molecule has 5 nitrogen and oxygen atoms in total. The third-order valence-corrected chi connectivity index (χ3v) is 3.79. The van der Waals surface area contributed by atoms with E-state index in [2.05, 4.69) is 4.74 Å². The fourth-order valence-corrected chi connectivity index (χ4v) is 3.08. The maximum absolute atomic E-state index is 11.7. The van der Waals surface area contributed by atoms with Gasteiger partial charge in [0.25, 0.3) is 0 Å². The molecule has 0 spiro atoms. The first-order valence-electron chi connectivity index (χ1n) is 4.35. The first-order chi connectivity index (χ1) is 7.47. The lowest BCUT2D eigenvalue weighted by molar-refractivity contribution is -0.133. The molecule has 0 bridgehead atoms. The van der Waals surface area contributed by atoms with Crippen LogP contribution in [0.5, 0.6) is 5.75 Å². The number of rotatable bonds is 1. The van der Waals surface area contributed by atoms with Crippen molar-refractivity contribution in [3.05, 3.63) is 29.2 Å². The summed E-state index contributed by atoms with van der Waals surface area (Å²) in [5, 5.41) is 10.3. The third kappa shape index (κ3) is 1.38. The molecule has 0 aliphatic carbocycles. The van der Waals surface area contributed by atoms with Crippen LogP contribution in [0.3, 0.4) is 0 Å². The molecule has 6 heteroatoms. The summed E-state index contributed by atoms with van der Waals surface area (Å²) in [5.41, 5.74) is 0.111. The van der Waals surface area contributed by atoms with Crippen LogP contribution in [0.4, 0.5) is 0 Å². The smallest absolute Gasteiger partial charge is 0.339 e. The van der Waals surface area contributed by atoms with Gasteiger partial charge in [0.1, 0.15) is 10.6 Å². The summed E-state index contributed by atoms with van der Waals surface area (Å²) in [6, 6.07) is 4.17. The van der Waals surface area contributed by atoms with Crippen molar-refractivity contribution in [2.45, 2.75) is 4.90 Å². The van der Waals surface area contributed by atoms with Crippen LogP contribution in [0.25, 0.3) is 5.57 Å². The molecular weight excluding hydrogens is 232 g/mol. The molecule has 1 aromatic rings. The number of hydrogen-bond donors (Lipinski definition) is 1. The maximum Gasteiger partial charge on any atom is 0.339 e. The number of methoxy groups -OCH3 is 1. The summed E-state index contributed by atoms with van der Waals surface area (Å²) >= 11 is 0. The second kappa shape index (κ2) is 3.34. The molecule has 0 aromatic heterocycles. The number of benzene rings is 1. The number of ether oxygens (including phenoxy) is 1. The number of esters is 1. The fourth-order valence-electron chi connectivity index (χ4n) is 1.58. The number of carbonyl (C=O) groups is 1. The molecule has 1 N–H and O–H groups in total. The number of hydrogen-bond acceptors (Lipinski definition) is 5. The zero-order valence-corrected chi connectivity index (χ0v) is 9.11. The molecule has 16 heavy (non-hydrogen) atoms. The number of aromatic hydroxyl groups is 1. The van der Waals surface area contributed by atoms with Crippen LogP contribution in [0.15, 0.2) is 28.5 Å². The largest absolute Gasteiger partial charge is 0.507 e. The molecule has 0 atom stereocenters. The molecule has 1 aromatic carbocycles. The van der Waals surface area contributed by atoms with Crippen LogP contribution in [0.1, 0.15) is 5.56 Å². The van der Waals surface area contributed by atoms with E-state index in [1.807, 2.05) is 0 Å². The van der Waals surface area contributed by atoms with E-state index >= 15 is 0 Å². The van der Waals surface area contributed by atoms with Gasteiger partial charge in [-0.3, -0.25) is 0 Å². The topological polar surface area (TPSA) is 80.7 Å². The van der Waals surface area contributed by atoms with Crippen LogP contribution >= 0.6 is 0 Å². The minimum absolute atomic E-state index is 0.0617. The Morgan fingerprint density at radius 3 is 2.69 bits per heavy atom. The Morgan fingerprint density at radius 2 is 2.06 bits per heavy atom. The highest BCUT2D eigenvalue weighted by atomic mass is 32.2. The predicted octanol–water partition coefficient (Wildman–Crippen LogP) is 0.693. The van der Waals surface area contributed by atoms with E-state index < -0.39 is 15.8 Å². The summed E-state index contributed by atoms with van der Waals surface area (Å²) in [6.45, 7) is 0. The van der Waals surface area contributed by atoms with Gasteiger partial charge in [-0.05, 0) is 6.07 Å². The minimum Gasteiger partial charge on any atom is -0.507 e. The van der Waals surface area contributed by atoms with Gasteiger partial charge < -0.3 is 9.84 Å². The Labute approximate surface area is 91.9 Å². The number of phenols is 1. The van der Waals surface area contributed by atoms with Gasteiger partial charge in [0.05, 0.1) is 18.1 Å². The zero-order chi connectivity index (χ0) is 11.9. The van der Waals surface area contributed by atoms with Crippen LogP contribution in [0, 0.1) is 0 Å². The average Bonchev–Trinajstić information content (AvgIpc) is 2.51. The van der Waals surface area contributed by atoms with Crippen LogP contribution in [-0.2, 0) is 19.4 Å². The van der Waals surface area contributed by atoms with E-state index in [0.29, 0.717) is 0 Å². The SMILES string of the molecule is COC(=O)C1=CS(=O)(=O)c2c(O)cccc21. The van der Waals surface area contributed by atoms with Crippen LogP contribution in [-0.4, -0.2) is 26.6 Å². The van der Waals surface area contributed by atoms with Crippen molar-refractivity contribution in [2.75, 3.05) is 7.11 Å². The van der Waals surface area contributed by atoms with Gasteiger partial charge >= 0.3 is 5.97 Å². The third-order valence-electron chi connectivity index (χ3n) is 2.25. The Hall–Kier alpha value is -1.82. The van der Waals surface area contributed by atoms with E-state index in [9.17, 15) is 18.3 Å². The molecule has 2 rings (SSSR count). The van der Waals surface area contributed by atoms with Crippen LogP contribution in [0.2, 0.25) is 0 Å². The van der Waals surface area contributed by atoms with E-state index in [1.54, 1.807) is 0 Å². The van der Waals surface area contributed by atoms with Gasteiger partial charge in [-0.1, -0.05) is 12.1 Å². The quantitative estimate of drug-likeness (QED) is 0.730. The molecule has 0 amide bonds. The molecule has 1 aliphatic heterocycles. The molecule has 0 radical (unpaired) electrons. The summed E-state index contributed by atoms with van der Waals surface area (Å²) in [6.07, 6.45) is 0. The number of carbonyl (C=O) groups excluding carboxylic acids is 1. The number of fused-ring (bicyclic) bond motifs is 1. The maximum atomic E-state index is 11.7. The van der Waals surface area contributed by atoms with E-state index in [4.69, 9.17) is 0 Å². The summed E-state index contributed by atoms with van der Waals surface area (Å²) in [5.74, 6) is -1.11. The standard InChI is InChI=1S/C10H8O5S/c1-15-10(12)7-5-16(13,14)9-6(7)3-2-4-8(9)11/h2-5,11H,1H3. The molecular formula is C10H8O5S. The summed E-state index contributed by atoms with van der Waals surface area (Å²) in [7, 11) is -2.59. The molecule has 0 saturated heterocycles. The monoisotopic (exact) mass is 240 g/mol. The van der Waals surface area contributed by atoms with Crippen molar-refractivity contribution in [3.63, 3.8) is 0 Å². The van der Waals surface area contributed by atoms with Crippen molar-refractivity contribution in [2.24, 2.45) is 0 Å². The second-order valence-corrected chi connectivity index (χ2v) is 4.96. The Balaban J connectivity index is 2.75. The lowest BCUT2D eigenvalue weighted by atomic mass is 10.1. The molecule has 1 heterocycles. The van der Waals surface area contributed by atoms with Crippen molar-refractivity contribution in [1.82, 2.24) is 0 Å². The number of sulfone groups is 1. The Morgan fingerprint density at radius 1 is 1.38 bits per heavy atom. The highest BCUT2D eigenvalue weighted by Crippen LogP contribution is 2.39. The van der Waals surface area contributed by atoms with Crippen molar-refractivity contribution in [3.8, 4) is 5.75 Å². The molecule has 84 valence electrons. The first-order valence-corrected chi connectivity index (χ1v) is 5.89. The molecule has 1 aliphatic rings. The Bertz CT molecular complexity index is 598. The highest BCUT2D eigenvalue weighted by Gasteiger charge is 2.33. The van der Waals surface area contributed by atoms with Gasteiger partial charge in [0, 0.05) is 5.56 Å². The van der Waals surface area contributed by atoms with Gasteiger partial charge in [0.15, 0.2) is 0 Å². The van der Waals surface area contributed by atoms with Crippen molar-refractivity contribution in [1.29, 1.82) is 0 Å². The fraction of sp³-hybridized carbons (Fsp3) is 0.100. The van der Waals surface area contributed by atoms with Crippen molar-refractivity contribution >= 4 is 21.4 Å². The summed E-state index contributed by atoms with van der Waals surface area (Å²) < 4.78 is 27.8. The normalized spacial score (nSPS) is 16.4. The first kappa shape index (κ1) is 10.7. The van der Waals surface area contributed by atoms with E-state index in [1.165, 1.54) is 18.2 Å². The molecule has 0 fully saturated rings. The molecule has 0 unspecified atom stereocenters. The van der Waals surface area contributed by atoms with Gasteiger partial charge in [0.2, 0.25) is 9.84 Å². The highest BCUT2D eigenvalue weighted by molar-refractivity contribution is 7.95. The predicted molar refractivity (Wildman–Crippen MR) is 55.3 cm³/mol. The number of phenolic OH excluding ortho intramolecular Hbond substituents is 1. The van der Waals surface area contributed by atoms with Gasteiger partial charge in [-0.2, -0.15) is 0 Å². The lowest BCUT2D eigenvalue weighted by Gasteiger charge is -2.03. The van der Waals surface area contributed by atoms with Crippen LogP contribution < -0.4 is 0 Å². The van der Waals surface area contributed by atoms with E-state index in [0.717, 1.165) is 12.5 Å². The zero-order valence-electron chi connectivity index (χ0n) is 8.30.